The summed E-state index contributed by atoms with van der Waals surface area (Å²) in [5, 5.41) is 5.42. The molecule has 5 nitrogen and oxygen atoms in total. The zero-order valence-corrected chi connectivity index (χ0v) is 11.8. The van der Waals surface area contributed by atoms with E-state index in [9.17, 15) is 18.0 Å². The van der Waals surface area contributed by atoms with Crippen molar-refractivity contribution in [2.45, 2.75) is 31.7 Å². The molecular weight excluding hydrogens is 299 g/mol. The Morgan fingerprint density at radius 2 is 1.95 bits per heavy atom. The average molecular weight is 317 g/mol. The Kier molecular flexibility index (Phi) is 5.12. The lowest BCUT2D eigenvalue weighted by Gasteiger charge is -2.19. The number of rotatable bonds is 4. The van der Waals surface area contributed by atoms with Gasteiger partial charge in [0.25, 0.3) is 0 Å². The number of nitrogens with two attached hydrogens (primary N) is 1. The van der Waals surface area contributed by atoms with Gasteiger partial charge in [-0.2, -0.15) is 0 Å². The maximum Gasteiger partial charge on any atom is 0.573 e. The second kappa shape index (κ2) is 6.87. The predicted octanol–water partition coefficient (Wildman–Crippen LogP) is 2.83. The van der Waals surface area contributed by atoms with E-state index in [4.69, 9.17) is 5.73 Å². The van der Waals surface area contributed by atoms with Gasteiger partial charge in [0.1, 0.15) is 5.75 Å². The molecule has 2 rings (SSSR count). The van der Waals surface area contributed by atoms with Gasteiger partial charge in [-0.25, -0.2) is 4.79 Å². The molecule has 22 heavy (non-hydrogen) atoms. The molecule has 0 spiro atoms. The van der Waals surface area contributed by atoms with Crippen molar-refractivity contribution < 1.29 is 22.7 Å². The molecule has 0 radical (unpaired) electrons. The SMILES string of the molecule is NCC1CCCC1NC(=O)Nc1ccc(OC(F)(F)F)cc1. The van der Waals surface area contributed by atoms with Gasteiger partial charge in [-0.15, -0.1) is 13.2 Å². The molecule has 0 bridgehead atoms. The average Bonchev–Trinajstić information content (AvgIpc) is 2.86. The van der Waals surface area contributed by atoms with Crippen molar-refractivity contribution >= 4 is 11.7 Å². The second-order valence-electron chi connectivity index (χ2n) is 5.20. The molecule has 1 fully saturated rings. The number of carbonyl (C=O) groups is 1. The lowest BCUT2D eigenvalue weighted by molar-refractivity contribution is -0.274. The molecule has 2 unspecified atom stereocenters. The number of anilines is 1. The van der Waals surface area contributed by atoms with E-state index in [1.165, 1.54) is 12.1 Å². The van der Waals surface area contributed by atoms with Crippen LogP contribution in [0.25, 0.3) is 0 Å². The highest BCUT2D eigenvalue weighted by Crippen LogP contribution is 2.25. The third-order valence-electron chi connectivity index (χ3n) is 3.62. The van der Waals surface area contributed by atoms with Crippen molar-refractivity contribution in [2.75, 3.05) is 11.9 Å². The molecule has 0 heterocycles. The van der Waals surface area contributed by atoms with Gasteiger partial charge < -0.3 is 21.1 Å². The molecule has 2 amide bonds. The van der Waals surface area contributed by atoms with E-state index < -0.39 is 12.4 Å². The van der Waals surface area contributed by atoms with E-state index in [0.717, 1.165) is 31.4 Å². The van der Waals surface area contributed by atoms with Crippen LogP contribution in [0.1, 0.15) is 19.3 Å². The van der Waals surface area contributed by atoms with Gasteiger partial charge in [-0.3, -0.25) is 0 Å². The van der Waals surface area contributed by atoms with Crippen LogP contribution in [0.2, 0.25) is 0 Å². The summed E-state index contributed by atoms with van der Waals surface area (Å²) in [6.45, 7) is 0.522. The summed E-state index contributed by atoms with van der Waals surface area (Å²) in [4.78, 5) is 11.9. The van der Waals surface area contributed by atoms with Crippen LogP contribution < -0.4 is 21.1 Å². The highest BCUT2D eigenvalue weighted by atomic mass is 19.4. The van der Waals surface area contributed by atoms with Gasteiger partial charge in [0, 0.05) is 11.7 Å². The van der Waals surface area contributed by atoms with Gasteiger partial charge in [-0.05, 0) is 49.6 Å². The van der Waals surface area contributed by atoms with E-state index in [2.05, 4.69) is 15.4 Å². The summed E-state index contributed by atoms with van der Waals surface area (Å²) in [5.74, 6) is -0.0641. The van der Waals surface area contributed by atoms with Crippen molar-refractivity contribution in [3.63, 3.8) is 0 Å². The van der Waals surface area contributed by atoms with Gasteiger partial charge in [0.15, 0.2) is 0 Å². The molecule has 0 aromatic heterocycles. The Bertz CT molecular complexity index is 505. The Morgan fingerprint density at radius 1 is 1.27 bits per heavy atom. The normalized spacial score (nSPS) is 21.5. The van der Waals surface area contributed by atoms with E-state index in [-0.39, 0.29) is 17.7 Å². The van der Waals surface area contributed by atoms with E-state index >= 15 is 0 Å². The number of ether oxygens (including phenoxy) is 1. The predicted molar refractivity (Wildman–Crippen MR) is 75.5 cm³/mol. The maximum atomic E-state index is 12.0. The monoisotopic (exact) mass is 317 g/mol. The molecule has 1 aliphatic rings. The molecule has 8 heteroatoms. The molecule has 1 aromatic carbocycles. The number of carbonyl (C=O) groups excluding carboxylic acids is 1. The standard InChI is InChI=1S/C14H18F3N3O2/c15-14(16,17)22-11-6-4-10(5-7-11)19-13(21)20-12-3-1-2-9(12)8-18/h4-7,9,12H,1-3,8,18H2,(H2,19,20,21). The van der Waals surface area contributed by atoms with Crippen LogP contribution in [-0.4, -0.2) is 25.0 Å². The van der Waals surface area contributed by atoms with Crippen LogP contribution in [0.5, 0.6) is 5.75 Å². The minimum atomic E-state index is -4.73. The topological polar surface area (TPSA) is 76.4 Å². The smallest absolute Gasteiger partial charge is 0.406 e. The molecule has 0 saturated heterocycles. The van der Waals surface area contributed by atoms with Crippen molar-refractivity contribution in [1.29, 1.82) is 0 Å². The van der Waals surface area contributed by atoms with Crippen LogP contribution in [0.3, 0.4) is 0 Å². The Hall–Kier alpha value is -1.96. The first kappa shape index (κ1) is 16.4. The number of amides is 2. The highest BCUT2D eigenvalue weighted by molar-refractivity contribution is 5.89. The highest BCUT2D eigenvalue weighted by Gasteiger charge is 2.31. The number of nitrogens with one attached hydrogen (secondary N) is 2. The quantitative estimate of drug-likeness (QED) is 0.799. The minimum Gasteiger partial charge on any atom is -0.406 e. The van der Waals surface area contributed by atoms with Gasteiger partial charge >= 0.3 is 12.4 Å². The van der Waals surface area contributed by atoms with Crippen LogP contribution in [-0.2, 0) is 0 Å². The van der Waals surface area contributed by atoms with Gasteiger partial charge in [-0.1, -0.05) is 6.42 Å². The minimum absolute atomic E-state index is 0.0397. The fourth-order valence-corrected chi connectivity index (χ4v) is 2.58. The van der Waals surface area contributed by atoms with E-state index in [1.807, 2.05) is 0 Å². The van der Waals surface area contributed by atoms with E-state index in [1.54, 1.807) is 0 Å². The van der Waals surface area contributed by atoms with Crippen LogP contribution in [0.4, 0.5) is 23.7 Å². The third-order valence-corrected chi connectivity index (χ3v) is 3.62. The summed E-state index contributed by atoms with van der Waals surface area (Å²) in [5.41, 5.74) is 6.03. The van der Waals surface area contributed by atoms with Crippen LogP contribution >= 0.6 is 0 Å². The lowest BCUT2D eigenvalue weighted by Crippen LogP contribution is -2.42. The second-order valence-corrected chi connectivity index (χ2v) is 5.20. The fraction of sp³-hybridized carbons (Fsp3) is 0.500. The first-order chi connectivity index (χ1) is 10.4. The molecule has 1 saturated carbocycles. The van der Waals surface area contributed by atoms with Crippen LogP contribution in [0.15, 0.2) is 24.3 Å². The molecule has 4 N–H and O–H groups in total. The molecule has 1 aromatic rings. The summed E-state index contributed by atoms with van der Waals surface area (Å²) >= 11 is 0. The molecule has 0 aliphatic heterocycles. The van der Waals surface area contributed by atoms with Crippen molar-refractivity contribution in [3.8, 4) is 5.75 Å². The number of hydrogen-bond acceptors (Lipinski definition) is 3. The largest absolute Gasteiger partial charge is 0.573 e. The van der Waals surface area contributed by atoms with Crippen LogP contribution in [0, 0.1) is 5.92 Å². The van der Waals surface area contributed by atoms with Gasteiger partial charge in [0.2, 0.25) is 0 Å². The number of alkyl halides is 3. The first-order valence-corrected chi connectivity index (χ1v) is 7.01. The Morgan fingerprint density at radius 3 is 2.55 bits per heavy atom. The first-order valence-electron chi connectivity index (χ1n) is 7.01. The molecular formula is C14H18F3N3O2. The third kappa shape index (κ3) is 4.80. The van der Waals surface area contributed by atoms with E-state index in [0.29, 0.717) is 12.2 Å². The summed E-state index contributed by atoms with van der Waals surface area (Å²) < 4.78 is 39.9. The number of benzene rings is 1. The Labute approximate surface area is 126 Å². The Balaban J connectivity index is 1.86. The zero-order valence-electron chi connectivity index (χ0n) is 11.8. The van der Waals surface area contributed by atoms with Crippen molar-refractivity contribution in [1.82, 2.24) is 5.32 Å². The number of halogens is 3. The van der Waals surface area contributed by atoms with Gasteiger partial charge in [0.05, 0.1) is 0 Å². The van der Waals surface area contributed by atoms with Crippen molar-refractivity contribution in [2.24, 2.45) is 11.7 Å². The number of hydrogen-bond donors (Lipinski definition) is 3. The lowest BCUT2D eigenvalue weighted by atomic mass is 10.0. The molecule has 122 valence electrons. The summed E-state index contributed by atoms with van der Waals surface area (Å²) in [6, 6.07) is 4.61. The number of urea groups is 1. The fourth-order valence-electron chi connectivity index (χ4n) is 2.58. The zero-order chi connectivity index (χ0) is 16.2. The summed E-state index contributed by atoms with van der Waals surface area (Å²) in [6.07, 6.45) is -1.83. The summed E-state index contributed by atoms with van der Waals surface area (Å²) in [7, 11) is 0. The molecule has 1 aliphatic carbocycles. The van der Waals surface area contributed by atoms with Crippen molar-refractivity contribution in [3.05, 3.63) is 24.3 Å². The molecule has 2 atom stereocenters. The maximum absolute atomic E-state index is 12.0.